The number of carboxylic acids is 1. The number of urea groups is 1. The van der Waals surface area contributed by atoms with Crippen LogP contribution in [0.15, 0.2) is 0 Å². The lowest BCUT2D eigenvalue weighted by Gasteiger charge is -2.36. The van der Waals surface area contributed by atoms with E-state index in [2.05, 4.69) is 20.5 Å². The summed E-state index contributed by atoms with van der Waals surface area (Å²) < 4.78 is 0. The molecule has 2 N–H and O–H groups in total. The van der Waals surface area contributed by atoms with E-state index in [0.29, 0.717) is 17.9 Å². The topological polar surface area (TPSA) is 108 Å². The van der Waals surface area contributed by atoms with Crippen LogP contribution in [0.5, 0.6) is 0 Å². The van der Waals surface area contributed by atoms with Gasteiger partial charge in [0.05, 0.1) is 11.4 Å². The van der Waals surface area contributed by atoms with Gasteiger partial charge >= 0.3 is 12.0 Å². The van der Waals surface area contributed by atoms with Crippen LogP contribution >= 0.6 is 0 Å². The van der Waals surface area contributed by atoms with Crippen LogP contribution in [0, 0.1) is 19.8 Å². The van der Waals surface area contributed by atoms with Gasteiger partial charge in [-0.05, 0) is 32.6 Å². The lowest BCUT2D eigenvalue weighted by Crippen LogP contribution is -2.53. The number of carbonyl (C=O) groups excluding carboxylic acids is 1. The number of rotatable bonds is 2. The quantitative estimate of drug-likeness (QED) is 0.848. The normalized spacial score (nSPS) is 22.0. The minimum Gasteiger partial charge on any atom is -0.480 e. The Bertz CT molecular complexity index is 563. The summed E-state index contributed by atoms with van der Waals surface area (Å²) in [6, 6.07) is -1.32. The smallest absolute Gasteiger partial charge is 0.326 e. The van der Waals surface area contributed by atoms with E-state index in [4.69, 9.17) is 0 Å². The summed E-state index contributed by atoms with van der Waals surface area (Å²) in [5.74, 6) is -0.984. The zero-order valence-corrected chi connectivity index (χ0v) is 12.3. The average molecular weight is 293 g/mol. The number of aryl methyl sites for hydroxylation is 2. The van der Waals surface area contributed by atoms with Gasteiger partial charge in [0.2, 0.25) is 0 Å². The number of nitrogens with zero attached hydrogens (tertiary/aromatic N) is 4. The van der Waals surface area contributed by atoms with Crippen molar-refractivity contribution in [1.82, 2.24) is 20.1 Å². The van der Waals surface area contributed by atoms with Crippen molar-refractivity contribution in [2.75, 3.05) is 11.9 Å². The molecule has 1 fully saturated rings. The van der Waals surface area contributed by atoms with E-state index < -0.39 is 18.0 Å². The molecule has 0 saturated carbocycles. The van der Waals surface area contributed by atoms with Gasteiger partial charge in [-0.3, -0.25) is 5.32 Å². The van der Waals surface area contributed by atoms with Crippen molar-refractivity contribution in [1.29, 1.82) is 0 Å². The number of hydrogen-bond acceptors (Lipinski definition) is 5. The fourth-order valence-corrected chi connectivity index (χ4v) is 2.47. The first-order valence-electron chi connectivity index (χ1n) is 6.88. The molecule has 8 heteroatoms. The number of anilines is 1. The van der Waals surface area contributed by atoms with E-state index in [9.17, 15) is 14.7 Å². The first-order valence-corrected chi connectivity index (χ1v) is 6.88. The number of piperidine rings is 1. The second-order valence-corrected chi connectivity index (χ2v) is 5.33. The molecule has 0 spiro atoms. The van der Waals surface area contributed by atoms with Crippen LogP contribution < -0.4 is 5.32 Å². The van der Waals surface area contributed by atoms with Crippen molar-refractivity contribution in [3.63, 3.8) is 0 Å². The molecule has 21 heavy (non-hydrogen) atoms. The fraction of sp³-hybridized carbons (Fsp3) is 0.615. The lowest BCUT2D eigenvalue weighted by molar-refractivity contribution is -0.145. The Morgan fingerprint density at radius 2 is 2.00 bits per heavy atom. The van der Waals surface area contributed by atoms with Gasteiger partial charge in [-0.1, -0.05) is 6.92 Å². The molecule has 0 aromatic carbocycles. The molecule has 2 heterocycles. The second-order valence-electron chi connectivity index (χ2n) is 5.33. The number of carbonyl (C=O) groups is 2. The largest absolute Gasteiger partial charge is 0.480 e. The predicted molar refractivity (Wildman–Crippen MR) is 74.8 cm³/mol. The Morgan fingerprint density at radius 1 is 1.29 bits per heavy atom. The van der Waals surface area contributed by atoms with Gasteiger partial charge in [0.15, 0.2) is 0 Å². The van der Waals surface area contributed by atoms with Gasteiger partial charge in [0.1, 0.15) is 6.04 Å². The number of aliphatic carboxylic acids is 1. The van der Waals surface area contributed by atoms with Crippen molar-refractivity contribution in [2.45, 2.75) is 39.7 Å². The van der Waals surface area contributed by atoms with E-state index in [1.165, 1.54) is 4.90 Å². The molecule has 0 radical (unpaired) electrons. The fourth-order valence-electron chi connectivity index (χ4n) is 2.47. The lowest BCUT2D eigenvalue weighted by atomic mass is 9.91. The molecular formula is C13H19N5O3. The molecule has 8 nitrogen and oxygen atoms in total. The summed E-state index contributed by atoms with van der Waals surface area (Å²) in [5, 5.41) is 19.5. The number of nitrogens with one attached hydrogen (secondary N) is 1. The van der Waals surface area contributed by atoms with Crippen molar-refractivity contribution >= 4 is 17.9 Å². The maximum absolute atomic E-state index is 12.3. The van der Waals surface area contributed by atoms with E-state index in [0.717, 1.165) is 12.8 Å². The maximum Gasteiger partial charge on any atom is 0.326 e. The summed E-state index contributed by atoms with van der Waals surface area (Å²) in [4.78, 5) is 29.1. The number of aromatic nitrogens is 3. The molecule has 114 valence electrons. The van der Waals surface area contributed by atoms with E-state index in [1.807, 2.05) is 6.92 Å². The predicted octanol–water partition coefficient (Wildman–Crippen LogP) is 1.21. The van der Waals surface area contributed by atoms with E-state index in [-0.39, 0.29) is 11.9 Å². The number of likely N-dealkylation sites (tertiary alicyclic amines) is 1. The van der Waals surface area contributed by atoms with Crippen molar-refractivity contribution < 1.29 is 14.7 Å². The van der Waals surface area contributed by atoms with Gasteiger partial charge in [0, 0.05) is 6.54 Å². The molecule has 0 bridgehead atoms. The molecule has 2 atom stereocenters. The van der Waals surface area contributed by atoms with Crippen molar-refractivity contribution in [3.8, 4) is 0 Å². The Balaban J connectivity index is 2.14. The standard InChI is InChI=1S/C13H19N5O3/c1-7-5-4-6-18(10(7)11(19)20)13(21)15-12-14-8(2)9(3)16-17-12/h7,10H,4-6H2,1-3H3,(H,19,20)(H,14,15,17,21). The summed E-state index contributed by atoms with van der Waals surface area (Å²) in [6.45, 7) is 5.79. The van der Waals surface area contributed by atoms with Gasteiger partial charge in [-0.15, -0.1) is 5.10 Å². The molecule has 1 aromatic rings. The highest BCUT2D eigenvalue weighted by molar-refractivity contribution is 5.91. The van der Waals surface area contributed by atoms with Gasteiger partial charge in [-0.2, -0.15) is 5.10 Å². The van der Waals surface area contributed by atoms with Crippen LogP contribution in [0.2, 0.25) is 0 Å². The Labute approximate surface area is 122 Å². The van der Waals surface area contributed by atoms with Gasteiger partial charge < -0.3 is 10.0 Å². The summed E-state index contributed by atoms with van der Waals surface area (Å²) in [5.41, 5.74) is 1.35. The van der Waals surface area contributed by atoms with Crippen LogP contribution in [0.1, 0.15) is 31.2 Å². The van der Waals surface area contributed by atoms with Crippen LogP contribution in [-0.4, -0.2) is 49.8 Å². The zero-order valence-electron chi connectivity index (χ0n) is 12.3. The van der Waals surface area contributed by atoms with Crippen molar-refractivity contribution in [2.24, 2.45) is 5.92 Å². The van der Waals surface area contributed by atoms with Gasteiger partial charge in [0.25, 0.3) is 5.95 Å². The molecule has 1 saturated heterocycles. The summed E-state index contributed by atoms with van der Waals surface area (Å²) >= 11 is 0. The first-order chi connectivity index (χ1) is 9.90. The highest BCUT2D eigenvalue weighted by atomic mass is 16.4. The number of amides is 2. The molecule has 0 aliphatic carbocycles. The average Bonchev–Trinajstić information content (AvgIpc) is 2.42. The Morgan fingerprint density at radius 3 is 2.62 bits per heavy atom. The van der Waals surface area contributed by atoms with Crippen LogP contribution in [0.25, 0.3) is 0 Å². The second kappa shape index (κ2) is 6.02. The molecule has 2 rings (SSSR count). The SMILES string of the molecule is Cc1nnc(NC(=O)N2CCCC(C)C2C(=O)O)nc1C. The van der Waals surface area contributed by atoms with Crippen LogP contribution in [0.3, 0.4) is 0 Å². The van der Waals surface area contributed by atoms with Crippen LogP contribution in [-0.2, 0) is 4.79 Å². The highest BCUT2D eigenvalue weighted by Gasteiger charge is 2.37. The summed E-state index contributed by atoms with van der Waals surface area (Å²) in [7, 11) is 0. The minimum atomic E-state index is -0.989. The molecule has 2 amide bonds. The molecule has 1 aliphatic heterocycles. The number of hydrogen-bond donors (Lipinski definition) is 2. The first kappa shape index (κ1) is 15.1. The molecular weight excluding hydrogens is 274 g/mol. The maximum atomic E-state index is 12.3. The summed E-state index contributed by atoms with van der Waals surface area (Å²) in [6.07, 6.45) is 1.58. The highest BCUT2D eigenvalue weighted by Crippen LogP contribution is 2.24. The Hall–Kier alpha value is -2.25. The number of carboxylic acid groups (broad SMARTS) is 1. The Kier molecular flexibility index (Phi) is 4.35. The van der Waals surface area contributed by atoms with Crippen molar-refractivity contribution in [3.05, 3.63) is 11.4 Å². The monoisotopic (exact) mass is 293 g/mol. The molecule has 1 aliphatic rings. The minimum absolute atomic E-state index is 0.0826. The zero-order chi connectivity index (χ0) is 15.6. The van der Waals surface area contributed by atoms with Gasteiger partial charge in [-0.25, -0.2) is 14.6 Å². The molecule has 2 unspecified atom stereocenters. The molecule has 1 aromatic heterocycles. The third kappa shape index (κ3) is 3.26. The van der Waals surface area contributed by atoms with E-state index >= 15 is 0 Å². The van der Waals surface area contributed by atoms with Crippen LogP contribution in [0.4, 0.5) is 10.7 Å². The third-order valence-corrected chi connectivity index (χ3v) is 3.76. The third-order valence-electron chi connectivity index (χ3n) is 3.76. The van der Waals surface area contributed by atoms with E-state index in [1.54, 1.807) is 13.8 Å².